The Kier molecular flexibility index (Phi) is 3.85. The summed E-state index contributed by atoms with van der Waals surface area (Å²) in [5, 5.41) is 11.4. The lowest BCUT2D eigenvalue weighted by Gasteiger charge is -2.08. The third-order valence-corrected chi connectivity index (χ3v) is 3.94. The zero-order valence-electron chi connectivity index (χ0n) is 14.2. The lowest BCUT2D eigenvalue weighted by molar-refractivity contribution is 0.102. The summed E-state index contributed by atoms with van der Waals surface area (Å²) < 4.78 is 8.38. The van der Waals surface area contributed by atoms with Crippen LogP contribution in [0.15, 0.2) is 55.0 Å². The highest BCUT2D eigenvalue weighted by Crippen LogP contribution is 2.22. The Balaban J connectivity index is 1.70. The van der Waals surface area contributed by atoms with Crippen LogP contribution >= 0.6 is 0 Å². The molecule has 26 heavy (non-hydrogen) atoms. The third kappa shape index (κ3) is 2.77. The maximum Gasteiger partial charge on any atom is 0.262 e. The predicted molar refractivity (Wildman–Crippen MR) is 95.8 cm³/mol. The van der Waals surface area contributed by atoms with Crippen molar-refractivity contribution in [2.24, 2.45) is 0 Å². The molecule has 0 saturated heterocycles. The van der Waals surface area contributed by atoms with E-state index >= 15 is 0 Å². The monoisotopic (exact) mass is 348 g/mol. The number of nitrogens with zero attached hydrogens (tertiary/aromatic N) is 5. The molecule has 0 aliphatic carbocycles. The van der Waals surface area contributed by atoms with E-state index in [0.717, 1.165) is 11.3 Å². The largest absolute Gasteiger partial charge is 0.480 e. The normalized spacial score (nSPS) is 10.8. The molecule has 1 N–H and O–H groups in total. The highest BCUT2D eigenvalue weighted by Gasteiger charge is 2.18. The summed E-state index contributed by atoms with van der Waals surface area (Å²) in [5.74, 6) is 0.569. The first kappa shape index (κ1) is 15.8. The number of hydrogen-bond donors (Lipinski definition) is 1. The number of amides is 1. The van der Waals surface area contributed by atoms with Crippen LogP contribution in [0.2, 0.25) is 0 Å². The molecule has 0 saturated carbocycles. The van der Waals surface area contributed by atoms with E-state index in [1.807, 2.05) is 31.2 Å². The average molecular weight is 348 g/mol. The molecule has 0 unspecified atom stereocenters. The second-order valence-corrected chi connectivity index (χ2v) is 5.72. The summed E-state index contributed by atoms with van der Waals surface area (Å²) in [4.78, 5) is 16.9. The molecule has 130 valence electrons. The fraction of sp³-hybridized carbons (Fsp3) is 0.111. The number of aromatic nitrogens is 5. The topological polar surface area (TPSA) is 86.3 Å². The Morgan fingerprint density at radius 2 is 2.04 bits per heavy atom. The van der Waals surface area contributed by atoms with Gasteiger partial charge in [-0.15, -0.1) is 5.10 Å². The second-order valence-electron chi connectivity index (χ2n) is 5.72. The summed E-state index contributed by atoms with van der Waals surface area (Å²) in [6, 6.07) is 11.2. The van der Waals surface area contributed by atoms with Gasteiger partial charge >= 0.3 is 0 Å². The number of anilines is 1. The van der Waals surface area contributed by atoms with Gasteiger partial charge in [0, 0.05) is 18.5 Å². The number of carbonyl (C=O) groups is 1. The van der Waals surface area contributed by atoms with E-state index in [1.54, 1.807) is 33.7 Å². The fourth-order valence-corrected chi connectivity index (χ4v) is 2.60. The van der Waals surface area contributed by atoms with E-state index in [4.69, 9.17) is 4.74 Å². The molecule has 0 aliphatic heterocycles. The van der Waals surface area contributed by atoms with Crippen molar-refractivity contribution in [2.75, 3.05) is 12.4 Å². The molecule has 4 rings (SSSR count). The molecular weight excluding hydrogens is 332 g/mol. The molecule has 1 aromatic carbocycles. The first-order valence-corrected chi connectivity index (χ1v) is 7.96. The summed E-state index contributed by atoms with van der Waals surface area (Å²) >= 11 is 0. The molecule has 0 aliphatic rings. The molecular formula is C18H16N6O2. The number of rotatable bonds is 4. The van der Waals surface area contributed by atoms with E-state index in [2.05, 4.69) is 20.5 Å². The van der Waals surface area contributed by atoms with Gasteiger partial charge in [0.25, 0.3) is 5.91 Å². The number of aryl methyl sites for hydroxylation is 1. The number of benzene rings is 1. The van der Waals surface area contributed by atoms with E-state index < -0.39 is 0 Å². The molecule has 4 aromatic rings. The van der Waals surface area contributed by atoms with Gasteiger partial charge in [-0.25, -0.2) is 14.2 Å². The van der Waals surface area contributed by atoms with Gasteiger partial charge < -0.3 is 10.1 Å². The number of nitrogens with one attached hydrogen (secondary N) is 1. The van der Waals surface area contributed by atoms with Crippen LogP contribution in [-0.4, -0.2) is 37.4 Å². The summed E-state index contributed by atoms with van der Waals surface area (Å²) in [5.41, 5.74) is 2.81. The zero-order chi connectivity index (χ0) is 18.1. The quantitative estimate of drug-likeness (QED) is 0.612. The highest BCUT2D eigenvalue weighted by molar-refractivity contribution is 6.07. The van der Waals surface area contributed by atoms with Crippen molar-refractivity contribution in [3.8, 4) is 11.6 Å². The highest BCUT2D eigenvalue weighted by atomic mass is 16.5. The van der Waals surface area contributed by atoms with Crippen LogP contribution in [0, 0.1) is 6.92 Å². The maximum atomic E-state index is 12.7. The molecule has 8 heteroatoms. The van der Waals surface area contributed by atoms with Crippen LogP contribution in [0.1, 0.15) is 15.9 Å². The molecule has 3 aromatic heterocycles. The van der Waals surface area contributed by atoms with E-state index in [9.17, 15) is 4.79 Å². The van der Waals surface area contributed by atoms with Crippen molar-refractivity contribution in [1.82, 2.24) is 24.4 Å². The molecule has 0 bridgehead atoms. The first-order valence-electron chi connectivity index (χ1n) is 7.96. The Morgan fingerprint density at radius 1 is 1.23 bits per heavy atom. The zero-order valence-corrected chi connectivity index (χ0v) is 14.2. The average Bonchev–Trinajstić information content (AvgIpc) is 3.26. The molecule has 3 heterocycles. The lowest BCUT2D eigenvalue weighted by Crippen LogP contribution is -2.15. The lowest BCUT2D eigenvalue weighted by atomic mass is 10.2. The second kappa shape index (κ2) is 6.32. The van der Waals surface area contributed by atoms with Crippen molar-refractivity contribution in [2.45, 2.75) is 6.92 Å². The minimum atomic E-state index is -0.324. The van der Waals surface area contributed by atoms with Gasteiger partial charge in [-0.2, -0.15) is 5.10 Å². The van der Waals surface area contributed by atoms with Gasteiger partial charge in [-0.05, 0) is 25.1 Å². The maximum absolute atomic E-state index is 12.7. The number of fused-ring (bicyclic) bond motifs is 1. The van der Waals surface area contributed by atoms with Crippen LogP contribution < -0.4 is 10.1 Å². The van der Waals surface area contributed by atoms with Crippen LogP contribution in [0.3, 0.4) is 0 Å². The first-order chi connectivity index (χ1) is 12.7. The SMILES string of the molecule is COc1cc(NC(=O)c2cnn3cccnc23)n(-c2ccc(C)cc2)n1. The van der Waals surface area contributed by atoms with Crippen molar-refractivity contribution in [3.05, 3.63) is 66.1 Å². The van der Waals surface area contributed by atoms with Gasteiger partial charge in [0.15, 0.2) is 5.65 Å². The number of ether oxygens (including phenoxy) is 1. The molecule has 0 radical (unpaired) electrons. The Morgan fingerprint density at radius 3 is 2.81 bits per heavy atom. The van der Waals surface area contributed by atoms with E-state index in [0.29, 0.717) is 22.9 Å². The van der Waals surface area contributed by atoms with Crippen LogP contribution in [0.5, 0.6) is 5.88 Å². The molecule has 0 fully saturated rings. The molecule has 1 amide bonds. The Bertz CT molecular complexity index is 1080. The number of carbonyl (C=O) groups excluding carboxylic acids is 1. The number of hydrogen-bond acceptors (Lipinski definition) is 5. The summed E-state index contributed by atoms with van der Waals surface area (Å²) in [6.07, 6.45) is 4.84. The van der Waals surface area contributed by atoms with Gasteiger partial charge in [-0.1, -0.05) is 17.7 Å². The van der Waals surface area contributed by atoms with Crippen molar-refractivity contribution in [1.29, 1.82) is 0 Å². The van der Waals surface area contributed by atoms with Crippen molar-refractivity contribution >= 4 is 17.4 Å². The minimum absolute atomic E-state index is 0.324. The van der Waals surface area contributed by atoms with Gasteiger partial charge in [0.05, 0.1) is 19.0 Å². The number of methoxy groups -OCH3 is 1. The van der Waals surface area contributed by atoms with Crippen molar-refractivity contribution < 1.29 is 9.53 Å². The van der Waals surface area contributed by atoms with Crippen LogP contribution in [0.4, 0.5) is 5.82 Å². The smallest absolute Gasteiger partial charge is 0.262 e. The van der Waals surface area contributed by atoms with Gasteiger partial charge in [0.2, 0.25) is 5.88 Å². The molecule has 0 spiro atoms. The van der Waals surface area contributed by atoms with Gasteiger partial charge in [-0.3, -0.25) is 4.79 Å². The standard InChI is InChI=1S/C18H16N6O2/c1-12-4-6-13(7-5-12)24-15(10-16(22-24)26-2)21-18(25)14-11-20-23-9-3-8-19-17(14)23/h3-11H,1-2H3,(H,21,25). The minimum Gasteiger partial charge on any atom is -0.480 e. The van der Waals surface area contributed by atoms with Crippen molar-refractivity contribution in [3.63, 3.8) is 0 Å². The van der Waals surface area contributed by atoms with Gasteiger partial charge in [0.1, 0.15) is 11.4 Å². The molecule has 8 nitrogen and oxygen atoms in total. The molecule has 0 atom stereocenters. The predicted octanol–water partition coefficient (Wildman–Crippen LogP) is 2.48. The van der Waals surface area contributed by atoms with Crippen LogP contribution in [0.25, 0.3) is 11.3 Å². The summed E-state index contributed by atoms with van der Waals surface area (Å²) in [7, 11) is 1.53. The third-order valence-electron chi connectivity index (χ3n) is 3.94. The van der Waals surface area contributed by atoms with Crippen LogP contribution in [-0.2, 0) is 0 Å². The van der Waals surface area contributed by atoms with E-state index in [1.165, 1.54) is 13.3 Å². The fourth-order valence-electron chi connectivity index (χ4n) is 2.60. The Labute approximate surface area is 149 Å². The Hall–Kier alpha value is -3.68. The van der Waals surface area contributed by atoms with E-state index in [-0.39, 0.29) is 5.91 Å². The summed E-state index contributed by atoms with van der Waals surface area (Å²) in [6.45, 7) is 2.01.